The quantitative estimate of drug-likeness (QED) is 0.917. The van der Waals surface area contributed by atoms with Crippen LogP contribution < -0.4 is 0 Å². The maximum absolute atomic E-state index is 11.2. The van der Waals surface area contributed by atoms with Crippen LogP contribution in [0.25, 0.3) is 0 Å². The number of benzene rings is 1. The van der Waals surface area contributed by atoms with Gasteiger partial charge in [0.15, 0.2) is 0 Å². The third-order valence-corrected chi connectivity index (χ3v) is 3.45. The second-order valence-corrected chi connectivity index (χ2v) is 4.62. The molecule has 4 heteroatoms. The Kier molecular flexibility index (Phi) is 3.69. The van der Waals surface area contributed by atoms with E-state index in [2.05, 4.69) is 12.0 Å². The van der Waals surface area contributed by atoms with E-state index < -0.39 is 5.97 Å². The minimum atomic E-state index is -0.896. The van der Waals surface area contributed by atoms with Crippen LogP contribution in [0.5, 0.6) is 0 Å². The first-order valence-electron chi connectivity index (χ1n) is 6.38. The molecule has 0 bridgehead atoms. The molecule has 1 aromatic carbocycles. The normalized spacial score (nSPS) is 10.7. The van der Waals surface area contributed by atoms with Crippen LogP contribution in [-0.2, 0) is 13.0 Å². The monoisotopic (exact) mass is 258 g/mol. The molecular formula is C15H18N2O2. The minimum Gasteiger partial charge on any atom is -0.478 e. The highest BCUT2D eigenvalue weighted by molar-refractivity contribution is 5.89. The largest absolute Gasteiger partial charge is 0.478 e. The lowest BCUT2D eigenvalue weighted by Crippen LogP contribution is -2.09. The SMILES string of the molecule is CCc1c(C)nn(Cc2ccccc2C(=O)O)c1C. The molecular weight excluding hydrogens is 240 g/mol. The van der Waals surface area contributed by atoms with E-state index >= 15 is 0 Å². The van der Waals surface area contributed by atoms with Crippen molar-refractivity contribution in [2.45, 2.75) is 33.7 Å². The lowest BCUT2D eigenvalue weighted by molar-refractivity contribution is 0.0695. The number of carbonyl (C=O) groups is 1. The number of rotatable bonds is 4. The van der Waals surface area contributed by atoms with Crippen LogP contribution in [0.4, 0.5) is 0 Å². The molecule has 0 aliphatic rings. The number of hydrogen-bond acceptors (Lipinski definition) is 2. The zero-order chi connectivity index (χ0) is 14.0. The summed E-state index contributed by atoms with van der Waals surface area (Å²) in [6, 6.07) is 7.06. The Bertz CT molecular complexity index is 615. The fraction of sp³-hybridized carbons (Fsp3) is 0.333. The van der Waals surface area contributed by atoms with Crippen molar-refractivity contribution in [3.63, 3.8) is 0 Å². The molecule has 2 aromatic rings. The topological polar surface area (TPSA) is 55.1 Å². The molecule has 0 radical (unpaired) electrons. The predicted octanol–water partition coefficient (Wildman–Crippen LogP) is 2.81. The van der Waals surface area contributed by atoms with Crippen LogP contribution in [0, 0.1) is 13.8 Å². The second kappa shape index (κ2) is 5.26. The first-order valence-corrected chi connectivity index (χ1v) is 6.38. The lowest BCUT2D eigenvalue weighted by Gasteiger charge is -2.08. The van der Waals surface area contributed by atoms with E-state index in [1.807, 2.05) is 30.7 Å². The first kappa shape index (κ1) is 13.3. The van der Waals surface area contributed by atoms with Crippen LogP contribution in [0.1, 0.15) is 39.8 Å². The van der Waals surface area contributed by atoms with Crippen molar-refractivity contribution in [2.75, 3.05) is 0 Å². The molecule has 0 aliphatic heterocycles. The van der Waals surface area contributed by atoms with Gasteiger partial charge >= 0.3 is 5.97 Å². The Labute approximate surface area is 112 Å². The summed E-state index contributed by atoms with van der Waals surface area (Å²) in [5.41, 5.74) is 4.50. The number of aryl methyl sites for hydroxylation is 1. The van der Waals surface area contributed by atoms with Crippen molar-refractivity contribution in [2.24, 2.45) is 0 Å². The van der Waals surface area contributed by atoms with Gasteiger partial charge in [-0.05, 0) is 37.5 Å². The van der Waals surface area contributed by atoms with Gasteiger partial charge in [0.1, 0.15) is 0 Å². The molecule has 1 heterocycles. The summed E-state index contributed by atoms with van der Waals surface area (Å²) in [6.07, 6.45) is 0.943. The van der Waals surface area contributed by atoms with Crippen LogP contribution in [0.3, 0.4) is 0 Å². The van der Waals surface area contributed by atoms with E-state index in [0.29, 0.717) is 12.1 Å². The van der Waals surface area contributed by atoms with Crippen molar-refractivity contribution in [1.29, 1.82) is 0 Å². The molecule has 2 rings (SSSR count). The van der Waals surface area contributed by atoms with E-state index in [-0.39, 0.29) is 0 Å². The molecule has 0 spiro atoms. The fourth-order valence-electron chi connectivity index (χ4n) is 2.43. The zero-order valence-corrected chi connectivity index (χ0v) is 11.5. The summed E-state index contributed by atoms with van der Waals surface area (Å²) >= 11 is 0. The van der Waals surface area contributed by atoms with Gasteiger partial charge in [-0.1, -0.05) is 25.1 Å². The Morgan fingerprint density at radius 1 is 1.32 bits per heavy atom. The molecule has 0 atom stereocenters. The molecule has 0 saturated heterocycles. The number of carboxylic acids is 1. The highest BCUT2D eigenvalue weighted by atomic mass is 16.4. The van der Waals surface area contributed by atoms with E-state index in [1.165, 1.54) is 5.56 Å². The Morgan fingerprint density at radius 2 is 2.00 bits per heavy atom. The Morgan fingerprint density at radius 3 is 2.58 bits per heavy atom. The van der Waals surface area contributed by atoms with Crippen molar-refractivity contribution in [3.8, 4) is 0 Å². The summed E-state index contributed by atoms with van der Waals surface area (Å²) in [6.45, 7) is 6.62. The van der Waals surface area contributed by atoms with E-state index in [0.717, 1.165) is 23.4 Å². The Hall–Kier alpha value is -2.10. The van der Waals surface area contributed by atoms with Gasteiger partial charge in [0.25, 0.3) is 0 Å². The molecule has 19 heavy (non-hydrogen) atoms. The summed E-state index contributed by atoms with van der Waals surface area (Å²) in [5.74, 6) is -0.896. The van der Waals surface area contributed by atoms with Crippen molar-refractivity contribution < 1.29 is 9.90 Å². The van der Waals surface area contributed by atoms with Gasteiger partial charge < -0.3 is 5.11 Å². The average molecular weight is 258 g/mol. The third-order valence-electron chi connectivity index (χ3n) is 3.45. The zero-order valence-electron chi connectivity index (χ0n) is 11.5. The van der Waals surface area contributed by atoms with Gasteiger partial charge in [-0.25, -0.2) is 4.79 Å². The maximum Gasteiger partial charge on any atom is 0.336 e. The number of carboxylic acid groups (broad SMARTS) is 1. The molecule has 1 aromatic heterocycles. The first-order chi connectivity index (χ1) is 9.04. The number of aromatic carboxylic acids is 1. The van der Waals surface area contributed by atoms with Crippen molar-refractivity contribution in [3.05, 3.63) is 52.3 Å². The lowest BCUT2D eigenvalue weighted by atomic mass is 10.1. The molecule has 0 unspecified atom stereocenters. The summed E-state index contributed by atoms with van der Waals surface area (Å²) < 4.78 is 1.88. The van der Waals surface area contributed by atoms with Gasteiger partial charge in [-0.3, -0.25) is 4.68 Å². The van der Waals surface area contributed by atoms with Crippen molar-refractivity contribution in [1.82, 2.24) is 9.78 Å². The minimum absolute atomic E-state index is 0.341. The Balaban J connectivity index is 2.39. The smallest absolute Gasteiger partial charge is 0.336 e. The summed E-state index contributed by atoms with van der Waals surface area (Å²) in [5, 5.41) is 13.7. The highest BCUT2D eigenvalue weighted by Crippen LogP contribution is 2.17. The highest BCUT2D eigenvalue weighted by Gasteiger charge is 2.13. The van der Waals surface area contributed by atoms with Gasteiger partial charge in [-0.15, -0.1) is 0 Å². The van der Waals surface area contributed by atoms with Crippen molar-refractivity contribution >= 4 is 5.97 Å². The average Bonchev–Trinajstić information content (AvgIpc) is 2.64. The fourth-order valence-corrected chi connectivity index (χ4v) is 2.43. The molecule has 0 aliphatic carbocycles. The van der Waals surface area contributed by atoms with E-state index in [1.54, 1.807) is 12.1 Å². The predicted molar refractivity (Wildman–Crippen MR) is 73.6 cm³/mol. The van der Waals surface area contributed by atoms with Crippen LogP contribution >= 0.6 is 0 Å². The van der Waals surface area contributed by atoms with E-state index in [9.17, 15) is 9.90 Å². The number of nitrogens with zero attached hydrogens (tertiary/aromatic N) is 2. The maximum atomic E-state index is 11.2. The van der Waals surface area contributed by atoms with Crippen LogP contribution in [-0.4, -0.2) is 20.9 Å². The van der Waals surface area contributed by atoms with Gasteiger partial charge in [0.05, 0.1) is 17.8 Å². The second-order valence-electron chi connectivity index (χ2n) is 4.62. The van der Waals surface area contributed by atoms with E-state index in [4.69, 9.17) is 0 Å². The van der Waals surface area contributed by atoms with Crippen LogP contribution in [0.15, 0.2) is 24.3 Å². The molecule has 0 saturated carbocycles. The van der Waals surface area contributed by atoms with Gasteiger partial charge in [-0.2, -0.15) is 5.10 Å². The molecule has 1 N–H and O–H groups in total. The number of aromatic nitrogens is 2. The van der Waals surface area contributed by atoms with Crippen LogP contribution in [0.2, 0.25) is 0 Å². The molecule has 4 nitrogen and oxygen atoms in total. The summed E-state index contributed by atoms with van der Waals surface area (Å²) in [7, 11) is 0. The third kappa shape index (κ3) is 2.52. The number of hydrogen-bond donors (Lipinski definition) is 1. The standard InChI is InChI=1S/C15H18N2O2/c1-4-13-10(2)16-17(11(13)3)9-12-7-5-6-8-14(12)15(18)19/h5-8H,4,9H2,1-3H3,(H,18,19). The van der Waals surface area contributed by atoms with Gasteiger partial charge in [0.2, 0.25) is 0 Å². The van der Waals surface area contributed by atoms with Gasteiger partial charge in [0, 0.05) is 5.69 Å². The molecule has 0 amide bonds. The molecule has 100 valence electrons. The summed E-state index contributed by atoms with van der Waals surface area (Å²) in [4.78, 5) is 11.2. The molecule has 0 fully saturated rings.